The Hall–Kier alpha value is -3.23. The zero-order valence-electron chi connectivity index (χ0n) is 18.6. The SMILES string of the molecule is C[C@H]1C[C@@H](n2c(Nc3ccc(OC(F)(F)F)cc3)nc3ccc(C(=O)O)cc32)CC(C)(C)C1. The summed E-state index contributed by atoms with van der Waals surface area (Å²) >= 11 is 0. The number of ether oxygens (including phenoxy) is 1. The first kappa shape index (κ1) is 22.9. The molecule has 0 aliphatic heterocycles. The van der Waals surface area contributed by atoms with Gasteiger partial charge in [0.15, 0.2) is 0 Å². The number of carboxylic acid groups (broad SMARTS) is 1. The predicted octanol–water partition coefficient (Wildman–Crippen LogP) is 6.76. The quantitative estimate of drug-likeness (QED) is 0.439. The maximum atomic E-state index is 12.5. The summed E-state index contributed by atoms with van der Waals surface area (Å²) < 4.78 is 43.4. The molecule has 4 rings (SSSR count). The summed E-state index contributed by atoms with van der Waals surface area (Å²) in [4.78, 5) is 16.3. The predicted molar refractivity (Wildman–Crippen MR) is 119 cm³/mol. The number of halogens is 3. The fraction of sp³-hybridized carbons (Fsp3) is 0.417. The van der Waals surface area contributed by atoms with Crippen LogP contribution in [0.5, 0.6) is 5.75 Å². The minimum Gasteiger partial charge on any atom is -0.478 e. The maximum absolute atomic E-state index is 12.5. The van der Waals surface area contributed by atoms with E-state index in [1.165, 1.54) is 30.3 Å². The first-order valence-electron chi connectivity index (χ1n) is 10.8. The van der Waals surface area contributed by atoms with Crippen molar-refractivity contribution in [2.75, 3.05) is 5.32 Å². The third-order valence-electron chi connectivity index (χ3n) is 6.01. The van der Waals surface area contributed by atoms with Gasteiger partial charge in [0.25, 0.3) is 0 Å². The Morgan fingerprint density at radius 3 is 2.48 bits per heavy atom. The number of carboxylic acids is 1. The highest BCUT2D eigenvalue weighted by molar-refractivity contribution is 5.93. The van der Waals surface area contributed by atoms with E-state index < -0.39 is 12.3 Å². The number of fused-ring (bicyclic) bond motifs is 1. The lowest BCUT2D eigenvalue weighted by Crippen LogP contribution is -2.29. The molecule has 3 aromatic rings. The van der Waals surface area contributed by atoms with E-state index in [4.69, 9.17) is 0 Å². The standard InChI is InChI=1S/C24H26F3N3O3/c1-14-10-17(13-23(2,3)12-14)30-20-11-15(21(31)32)4-9-19(20)29-22(30)28-16-5-7-18(8-6-16)33-24(25,26)27/h4-9,11,14,17H,10,12-13H2,1-3H3,(H,28,29)(H,31,32)/t14-,17+/m0/s1. The van der Waals surface area contributed by atoms with Crippen LogP contribution in [-0.2, 0) is 0 Å². The van der Waals surface area contributed by atoms with Gasteiger partial charge in [0.05, 0.1) is 16.6 Å². The number of aromatic carboxylic acids is 1. The summed E-state index contributed by atoms with van der Waals surface area (Å²) in [7, 11) is 0. The zero-order chi connectivity index (χ0) is 24.0. The summed E-state index contributed by atoms with van der Waals surface area (Å²) in [6.45, 7) is 6.66. The molecule has 0 saturated heterocycles. The Kier molecular flexibility index (Phi) is 5.76. The van der Waals surface area contributed by atoms with Gasteiger partial charge < -0.3 is 19.7 Å². The van der Waals surface area contributed by atoms with Gasteiger partial charge in [-0.1, -0.05) is 20.8 Å². The number of carbonyl (C=O) groups is 1. The van der Waals surface area contributed by atoms with Gasteiger partial charge in [-0.05, 0) is 73.1 Å². The summed E-state index contributed by atoms with van der Waals surface area (Å²) in [5, 5.41) is 12.7. The van der Waals surface area contributed by atoms with E-state index in [0.29, 0.717) is 28.6 Å². The summed E-state index contributed by atoms with van der Waals surface area (Å²) in [5.74, 6) is -0.329. The molecule has 2 aromatic carbocycles. The average molecular weight is 461 g/mol. The molecule has 0 unspecified atom stereocenters. The van der Waals surface area contributed by atoms with Crippen molar-refractivity contribution in [2.24, 2.45) is 11.3 Å². The van der Waals surface area contributed by atoms with Gasteiger partial charge >= 0.3 is 12.3 Å². The Morgan fingerprint density at radius 2 is 1.88 bits per heavy atom. The molecule has 1 fully saturated rings. The Labute approximate surface area is 189 Å². The van der Waals surface area contributed by atoms with Crippen LogP contribution in [0.15, 0.2) is 42.5 Å². The molecule has 1 aliphatic carbocycles. The third kappa shape index (κ3) is 5.23. The van der Waals surface area contributed by atoms with Crippen molar-refractivity contribution in [3.63, 3.8) is 0 Å². The van der Waals surface area contributed by atoms with Crippen molar-refractivity contribution in [1.82, 2.24) is 9.55 Å². The molecule has 1 aliphatic rings. The topological polar surface area (TPSA) is 76.4 Å². The Bertz CT molecular complexity index is 1170. The molecule has 2 atom stereocenters. The van der Waals surface area contributed by atoms with Crippen molar-refractivity contribution in [3.8, 4) is 5.75 Å². The van der Waals surface area contributed by atoms with Crippen LogP contribution in [0.3, 0.4) is 0 Å². The van der Waals surface area contributed by atoms with Gasteiger partial charge in [-0.25, -0.2) is 9.78 Å². The molecule has 2 N–H and O–H groups in total. The Balaban J connectivity index is 1.74. The number of imidazole rings is 1. The van der Waals surface area contributed by atoms with E-state index in [2.05, 4.69) is 35.8 Å². The van der Waals surface area contributed by atoms with Gasteiger partial charge in [0, 0.05) is 11.7 Å². The van der Waals surface area contributed by atoms with E-state index in [1.807, 2.05) is 4.57 Å². The second-order valence-corrected chi connectivity index (χ2v) is 9.58. The van der Waals surface area contributed by atoms with Gasteiger partial charge in [0.1, 0.15) is 5.75 Å². The second-order valence-electron chi connectivity index (χ2n) is 9.58. The van der Waals surface area contributed by atoms with Crippen LogP contribution in [-0.4, -0.2) is 27.0 Å². The minimum absolute atomic E-state index is 0.0909. The van der Waals surface area contributed by atoms with E-state index >= 15 is 0 Å². The smallest absolute Gasteiger partial charge is 0.478 e. The monoisotopic (exact) mass is 461 g/mol. The summed E-state index contributed by atoms with van der Waals surface area (Å²) in [6, 6.07) is 10.4. The number of alkyl halides is 3. The molecule has 0 spiro atoms. The number of hydrogen-bond donors (Lipinski definition) is 2. The molecule has 1 aromatic heterocycles. The van der Waals surface area contributed by atoms with Crippen LogP contribution in [0.2, 0.25) is 0 Å². The second kappa shape index (κ2) is 8.28. The number of nitrogens with one attached hydrogen (secondary N) is 1. The van der Waals surface area contributed by atoms with Gasteiger partial charge in [-0.15, -0.1) is 13.2 Å². The summed E-state index contributed by atoms with van der Waals surface area (Å²) in [5.41, 5.74) is 2.19. The van der Waals surface area contributed by atoms with Crippen molar-refractivity contribution < 1.29 is 27.8 Å². The molecule has 0 bridgehead atoms. The Morgan fingerprint density at radius 1 is 1.18 bits per heavy atom. The first-order chi connectivity index (χ1) is 15.4. The van der Waals surface area contributed by atoms with Crippen molar-refractivity contribution in [1.29, 1.82) is 0 Å². The van der Waals surface area contributed by atoms with Crippen molar-refractivity contribution in [2.45, 2.75) is 52.4 Å². The largest absolute Gasteiger partial charge is 0.573 e. The average Bonchev–Trinajstić information content (AvgIpc) is 3.03. The number of rotatable bonds is 5. The molecule has 176 valence electrons. The van der Waals surface area contributed by atoms with E-state index in [1.54, 1.807) is 12.1 Å². The van der Waals surface area contributed by atoms with Crippen LogP contribution in [0.25, 0.3) is 11.0 Å². The molecule has 0 radical (unpaired) electrons. The molecular formula is C24H26F3N3O3. The van der Waals surface area contributed by atoms with Crippen LogP contribution in [0, 0.1) is 11.3 Å². The van der Waals surface area contributed by atoms with E-state index in [9.17, 15) is 23.1 Å². The lowest BCUT2D eigenvalue weighted by atomic mass is 9.70. The number of hydrogen-bond acceptors (Lipinski definition) is 4. The molecule has 1 saturated carbocycles. The number of benzene rings is 2. The van der Waals surface area contributed by atoms with Gasteiger partial charge in [0.2, 0.25) is 5.95 Å². The number of nitrogens with zero attached hydrogens (tertiary/aromatic N) is 2. The van der Waals surface area contributed by atoms with Crippen LogP contribution < -0.4 is 10.1 Å². The van der Waals surface area contributed by atoms with E-state index in [0.717, 1.165) is 19.3 Å². The van der Waals surface area contributed by atoms with Gasteiger partial charge in [-0.2, -0.15) is 0 Å². The molecule has 0 amide bonds. The van der Waals surface area contributed by atoms with Crippen molar-refractivity contribution in [3.05, 3.63) is 48.0 Å². The molecular weight excluding hydrogens is 435 g/mol. The minimum atomic E-state index is -4.75. The highest BCUT2D eigenvalue weighted by Gasteiger charge is 2.35. The molecule has 33 heavy (non-hydrogen) atoms. The fourth-order valence-electron chi connectivity index (χ4n) is 5.05. The highest BCUT2D eigenvalue weighted by atomic mass is 19.4. The van der Waals surface area contributed by atoms with Crippen LogP contribution in [0.4, 0.5) is 24.8 Å². The fourth-order valence-corrected chi connectivity index (χ4v) is 5.05. The summed E-state index contributed by atoms with van der Waals surface area (Å²) in [6.07, 6.45) is -1.85. The maximum Gasteiger partial charge on any atom is 0.573 e. The molecule has 9 heteroatoms. The lowest BCUT2D eigenvalue weighted by molar-refractivity contribution is -0.274. The third-order valence-corrected chi connectivity index (χ3v) is 6.01. The number of aromatic nitrogens is 2. The lowest BCUT2D eigenvalue weighted by Gasteiger charge is -2.40. The van der Waals surface area contributed by atoms with E-state index in [-0.39, 0.29) is 22.8 Å². The molecule has 6 nitrogen and oxygen atoms in total. The van der Waals surface area contributed by atoms with Gasteiger partial charge in [-0.3, -0.25) is 0 Å². The van der Waals surface area contributed by atoms with Crippen LogP contribution in [0.1, 0.15) is 56.4 Å². The zero-order valence-corrected chi connectivity index (χ0v) is 18.6. The molecule has 1 heterocycles. The van der Waals surface area contributed by atoms with Crippen molar-refractivity contribution >= 4 is 28.6 Å². The first-order valence-corrected chi connectivity index (χ1v) is 10.8. The number of anilines is 2. The normalized spacial score (nSPS) is 20.5. The van der Waals surface area contributed by atoms with Crippen LogP contribution >= 0.6 is 0 Å². The highest BCUT2D eigenvalue weighted by Crippen LogP contribution is 2.46.